The minimum Gasteiger partial charge on any atom is -0.324 e. The van der Waals surface area contributed by atoms with Gasteiger partial charge in [-0.3, -0.25) is 9.59 Å². The van der Waals surface area contributed by atoms with E-state index < -0.39 is 27.8 Å². The van der Waals surface area contributed by atoms with Crippen molar-refractivity contribution < 1.29 is 13.2 Å². The van der Waals surface area contributed by atoms with Gasteiger partial charge in [-0.1, -0.05) is 44.2 Å². The lowest BCUT2D eigenvalue weighted by Gasteiger charge is -2.12. The molecule has 1 heterocycles. The Morgan fingerprint density at radius 3 is 2.19 bits per heavy atom. The number of carbonyl (C=O) groups is 1. The number of nitrogens with zero attached hydrogens (tertiary/aromatic N) is 2. The number of rotatable bonds is 6. The van der Waals surface area contributed by atoms with Crippen molar-refractivity contribution in [1.29, 1.82) is 0 Å². The minimum absolute atomic E-state index is 0.0783. The third-order valence-corrected chi connectivity index (χ3v) is 6.67. The van der Waals surface area contributed by atoms with Gasteiger partial charge in [-0.05, 0) is 54.7 Å². The summed E-state index contributed by atoms with van der Waals surface area (Å²) in [7, 11) is -3.93. The Kier molecular flexibility index (Phi) is 6.40. The lowest BCUT2D eigenvalue weighted by molar-refractivity contribution is -0.117. The molecular formula is C23H25N3O4S. The Morgan fingerprint density at radius 2 is 1.61 bits per heavy atom. The first-order chi connectivity index (χ1) is 14.6. The van der Waals surface area contributed by atoms with Crippen LogP contribution in [0, 0.1) is 13.8 Å². The molecule has 0 fully saturated rings. The van der Waals surface area contributed by atoms with Crippen molar-refractivity contribution in [2.24, 2.45) is 0 Å². The van der Waals surface area contributed by atoms with Crippen molar-refractivity contribution in [3.63, 3.8) is 0 Å². The van der Waals surface area contributed by atoms with Crippen molar-refractivity contribution >= 4 is 21.4 Å². The molecule has 0 unspecified atom stereocenters. The molecule has 0 radical (unpaired) electrons. The Morgan fingerprint density at radius 1 is 1.00 bits per heavy atom. The van der Waals surface area contributed by atoms with Gasteiger partial charge in [-0.15, -0.1) is 0 Å². The molecule has 0 aliphatic heterocycles. The van der Waals surface area contributed by atoms with E-state index in [1.807, 2.05) is 45.9 Å². The molecule has 1 amide bonds. The van der Waals surface area contributed by atoms with Gasteiger partial charge < -0.3 is 5.32 Å². The van der Waals surface area contributed by atoms with E-state index in [0.29, 0.717) is 5.69 Å². The van der Waals surface area contributed by atoms with Gasteiger partial charge in [0, 0.05) is 11.8 Å². The third-order valence-electron chi connectivity index (χ3n) is 5.01. The van der Waals surface area contributed by atoms with E-state index in [1.54, 1.807) is 12.1 Å². The molecule has 3 aromatic rings. The molecule has 0 aliphatic carbocycles. The number of aromatic nitrogens is 2. The fraction of sp³-hybridized carbons (Fsp3) is 0.261. The standard InChI is InChI=1S/C23H25N3O4S/c1-15(2)18-8-10-19(11-9-18)31(29,30)21-12-13-22(28)26(25-21)14-20(27)24-23-16(3)6-5-7-17(23)4/h5-13,15H,14H2,1-4H3,(H,24,27). The van der Waals surface area contributed by atoms with Crippen LogP contribution in [-0.2, 0) is 21.2 Å². The number of carbonyl (C=O) groups excluding carboxylic acids is 1. The van der Waals surface area contributed by atoms with Gasteiger partial charge in [-0.2, -0.15) is 5.10 Å². The summed E-state index contributed by atoms with van der Waals surface area (Å²) >= 11 is 0. The summed E-state index contributed by atoms with van der Waals surface area (Å²) in [6.07, 6.45) is 0. The van der Waals surface area contributed by atoms with E-state index in [4.69, 9.17) is 0 Å². The molecule has 7 nitrogen and oxygen atoms in total. The van der Waals surface area contributed by atoms with E-state index in [9.17, 15) is 18.0 Å². The Balaban J connectivity index is 1.87. The number of amides is 1. The number of anilines is 1. The van der Waals surface area contributed by atoms with Gasteiger partial charge in [0.2, 0.25) is 15.7 Å². The average Bonchev–Trinajstić information content (AvgIpc) is 2.72. The lowest BCUT2D eigenvalue weighted by atomic mass is 10.0. The Labute approximate surface area is 181 Å². The fourth-order valence-corrected chi connectivity index (χ4v) is 4.36. The highest BCUT2D eigenvalue weighted by atomic mass is 32.2. The molecule has 31 heavy (non-hydrogen) atoms. The zero-order valence-corrected chi connectivity index (χ0v) is 18.7. The zero-order valence-electron chi connectivity index (χ0n) is 17.9. The van der Waals surface area contributed by atoms with E-state index in [2.05, 4.69) is 10.4 Å². The summed E-state index contributed by atoms with van der Waals surface area (Å²) in [6, 6.07) is 14.4. The number of para-hydroxylation sites is 1. The first kappa shape index (κ1) is 22.4. The Bertz CT molecular complexity index is 1260. The molecule has 1 N–H and O–H groups in total. The van der Waals surface area contributed by atoms with Gasteiger partial charge in [0.1, 0.15) is 6.54 Å². The van der Waals surface area contributed by atoms with Crippen LogP contribution >= 0.6 is 0 Å². The maximum absolute atomic E-state index is 13.0. The van der Waals surface area contributed by atoms with E-state index >= 15 is 0 Å². The SMILES string of the molecule is Cc1cccc(C)c1NC(=O)Cn1nc(S(=O)(=O)c2ccc(C(C)C)cc2)ccc1=O. The molecule has 0 aliphatic rings. The van der Waals surface area contributed by atoms with Crippen LogP contribution in [0.25, 0.3) is 0 Å². The summed E-state index contributed by atoms with van der Waals surface area (Å²) < 4.78 is 26.8. The smallest absolute Gasteiger partial charge is 0.267 e. The number of hydrogen-bond acceptors (Lipinski definition) is 5. The predicted molar refractivity (Wildman–Crippen MR) is 119 cm³/mol. The molecule has 0 bridgehead atoms. The number of hydrogen-bond donors (Lipinski definition) is 1. The second-order valence-electron chi connectivity index (χ2n) is 7.71. The van der Waals surface area contributed by atoms with E-state index in [-0.39, 0.29) is 15.8 Å². The molecular weight excluding hydrogens is 414 g/mol. The van der Waals surface area contributed by atoms with Crippen molar-refractivity contribution in [2.75, 3.05) is 5.32 Å². The first-order valence-corrected chi connectivity index (χ1v) is 11.4. The van der Waals surface area contributed by atoms with E-state index in [1.165, 1.54) is 12.1 Å². The van der Waals surface area contributed by atoms with Crippen LogP contribution in [0.15, 0.2) is 69.3 Å². The molecule has 3 rings (SSSR count). The third kappa shape index (κ3) is 4.91. The van der Waals surface area contributed by atoms with Crippen LogP contribution in [0.2, 0.25) is 0 Å². The highest BCUT2D eigenvalue weighted by Crippen LogP contribution is 2.22. The van der Waals surface area contributed by atoms with Crippen LogP contribution in [0.4, 0.5) is 5.69 Å². The number of aryl methyl sites for hydroxylation is 2. The van der Waals surface area contributed by atoms with Crippen LogP contribution in [0.3, 0.4) is 0 Å². The first-order valence-electron chi connectivity index (χ1n) is 9.89. The summed E-state index contributed by atoms with van der Waals surface area (Å²) in [5.74, 6) is -0.199. The van der Waals surface area contributed by atoms with Gasteiger partial charge in [0.15, 0.2) is 5.03 Å². The molecule has 162 valence electrons. The number of benzene rings is 2. The lowest BCUT2D eigenvalue weighted by Crippen LogP contribution is -2.30. The molecule has 0 saturated heterocycles. The molecule has 2 aromatic carbocycles. The fourth-order valence-electron chi connectivity index (χ4n) is 3.17. The average molecular weight is 440 g/mol. The van der Waals surface area contributed by atoms with Gasteiger partial charge in [0.25, 0.3) is 5.56 Å². The quantitative estimate of drug-likeness (QED) is 0.634. The maximum Gasteiger partial charge on any atom is 0.267 e. The van der Waals surface area contributed by atoms with Gasteiger partial charge in [0.05, 0.1) is 4.90 Å². The topological polar surface area (TPSA) is 98.1 Å². The molecule has 0 saturated carbocycles. The van der Waals surface area contributed by atoms with Crippen molar-refractivity contribution in [2.45, 2.75) is 50.1 Å². The molecule has 8 heteroatoms. The summed E-state index contributed by atoms with van der Waals surface area (Å²) in [4.78, 5) is 24.8. The monoisotopic (exact) mass is 439 g/mol. The largest absolute Gasteiger partial charge is 0.324 e. The number of nitrogens with one attached hydrogen (secondary N) is 1. The van der Waals surface area contributed by atoms with Crippen LogP contribution in [0.5, 0.6) is 0 Å². The van der Waals surface area contributed by atoms with Crippen molar-refractivity contribution in [1.82, 2.24) is 9.78 Å². The van der Waals surface area contributed by atoms with Crippen molar-refractivity contribution in [3.05, 3.63) is 81.6 Å². The summed E-state index contributed by atoms with van der Waals surface area (Å²) in [5, 5.41) is 6.44. The predicted octanol–water partition coefficient (Wildman–Crippen LogP) is 3.46. The van der Waals surface area contributed by atoms with Crippen LogP contribution in [0.1, 0.15) is 36.5 Å². The molecule has 0 atom stereocenters. The highest BCUT2D eigenvalue weighted by molar-refractivity contribution is 7.91. The normalized spacial score (nSPS) is 11.5. The maximum atomic E-state index is 13.0. The highest BCUT2D eigenvalue weighted by Gasteiger charge is 2.21. The van der Waals surface area contributed by atoms with Crippen molar-refractivity contribution in [3.8, 4) is 0 Å². The molecule has 0 spiro atoms. The summed E-state index contributed by atoms with van der Waals surface area (Å²) in [6.45, 7) is 7.37. The second kappa shape index (κ2) is 8.85. The van der Waals surface area contributed by atoms with Gasteiger partial charge in [-0.25, -0.2) is 13.1 Å². The van der Waals surface area contributed by atoms with E-state index in [0.717, 1.165) is 33.5 Å². The second-order valence-corrected chi connectivity index (χ2v) is 9.61. The van der Waals surface area contributed by atoms with Crippen LogP contribution < -0.4 is 10.9 Å². The zero-order chi connectivity index (χ0) is 22.8. The number of sulfone groups is 1. The summed E-state index contributed by atoms with van der Waals surface area (Å²) in [5.41, 5.74) is 2.88. The van der Waals surface area contributed by atoms with Gasteiger partial charge >= 0.3 is 0 Å². The Hall–Kier alpha value is -3.26. The molecule has 1 aromatic heterocycles. The minimum atomic E-state index is -3.93. The van der Waals surface area contributed by atoms with Crippen LogP contribution in [-0.4, -0.2) is 24.1 Å².